The number of para-hydroxylation sites is 1. The number of ether oxygens (including phenoxy) is 2. The highest BCUT2D eigenvalue weighted by molar-refractivity contribution is 14.0. The SMILES string of the molecule is CN=C(NCCCc1cn(-c2ccccc2)nc1C)N1CCOC(C2CCCO2)C1.I. The number of aliphatic imine (C=N–C) groups is 1. The second-order valence-corrected chi connectivity index (χ2v) is 8.00. The first kappa shape index (κ1) is 24.0. The largest absolute Gasteiger partial charge is 0.375 e. The fraction of sp³-hybridized carbons (Fsp3) is 0.565. The number of hydrogen-bond donors (Lipinski definition) is 1. The molecule has 0 spiro atoms. The fourth-order valence-electron chi connectivity index (χ4n) is 4.25. The van der Waals surface area contributed by atoms with Crippen LogP contribution in [0.5, 0.6) is 0 Å². The summed E-state index contributed by atoms with van der Waals surface area (Å²) in [4.78, 5) is 6.80. The molecular formula is C23H34IN5O2. The van der Waals surface area contributed by atoms with Crippen LogP contribution in [0.15, 0.2) is 41.5 Å². The van der Waals surface area contributed by atoms with Gasteiger partial charge in [-0.05, 0) is 50.3 Å². The Balaban J connectivity index is 0.00000272. The van der Waals surface area contributed by atoms with Crippen LogP contribution in [0.2, 0.25) is 0 Å². The lowest BCUT2D eigenvalue weighted by atomic mass is 10.1. The first-order valence-corrected chi connectivity index (χ1v) is 11.0. The highest BCUT2D eigenvalue weighted by Gasteiger charge is 2.32. The summed E-state index contributed by atoms with van der Waals surface area (Å²) in [5.74, 6) is 0.956. The van der Waals surface area contributed by atoms with E-state index in [1.165, 1.54) is 5.56 Å². The van der Waals surface area contributed by atoms with Gasteiger partial charge in [-0.3, -0.25) is 4.99 Å². The van der Waals surface area contributed by atoms with Crippen molar-refractivity contribution in [2.24, 2.45) is 4.99 Å². The highest BCUT2D eigenvalue weighted by Crippen LogP contribution is 2.21. The molecule has 2 saturated heterocycles. The molecule has 2 aromatic rings. The molecule has 0 amide bonds. The second kappa shape index (κ2) is 11.8. The Bertz CT molecular complexity index is 836. The highest BCUT2D eigenvalue weighted by atomic mass is 127. The van der Waals surface area contributed by atoms with Gasteiger partial charge in [-0.25, -0.2) is 4.68 Å². The van der Waals surface area contributed by atoms with E-state index in [0.29, 0.717) is 0 Å². The number of benzene rings is 1. The summed E-state index contributed by atoms with van der Waals surface area (Å²) in [6.07, 6.45) is 6.78. The van der Waals surface area contributed by atoms with Crippen molar-refractivity contribution in [2.45, 2.75) is 44.8 Å². The van der Waals surface area contributed by atoms with Crippen LogP contribution in [0.1, 0.15) is 30.5 Å². The first-order valence-electron chi connectivity index (χ1n) is 11.0. The third-order valence-corrected chi connectivity index (χ3v) is 5.91. The Labute approximate surface area is 202 Å². The normalized spacial score (nSPS) is 21.7. The van der Waals surface area contributed by atoms with Crippen LogP contribution in [0.4, 0.5) is 0 Å². The molecule has 7 nitrogen and oxygen atoms in total. The van der Waals surface area contributed by atoms with E-state index in [-0.39, 0.29) is 36.2 Å². The van der Waals surface area contributed by atoms with Crippen molar-refractivity contribution in [3.05, 3.63) is 47.8 Å². The summed E-state index contributed by atoms with van der Waals surface area (Å²) in [7, 11) is 1.85. The molecule has 0 aliphatic carbocycles. The van der Waals surface area contributed by atoms with Gasteiger partial charge in [0.2, 0.25) is 0 Å². The average Bonchev–Trinajstić information content (AvgIpc) is 3.45. The third kappa shape index (κ3) is 6.20. The van der Waals surface area contributed by atoms with Gasteiger partial charge in [-0.2, -0.15) is 5.10 Å². The van der Waals surface area contributed by atoms with Gasteiger partial charge in [0.05, 0.1) is 24.1 Å². The number of nitrogens with zero attached hydrogens (tertiary/aromatic N) is 4. The monoisotopic (exact) mass is 539 g/mol. The minimum atomic E-state index is 0. The lowest BCUT2D eigenvalue weighted by Crippen LogP contribution is -2.53. The van der Waals surface area contributed by atoms with E-state index in [2.05, 4.69) is 45.6 Å². The Morgan fingerprint density at radius 3 is 2.74 bits per heavy atom. The summed E-state index contributed by atoms with van der Waals surface area (Å²) in [5, 5.41) is 8.20. The molecule has 3 heterocycles. The van der Waals surface area contributed by atoms with E-state index in [1.807, 2.05) is 29.9 Å². The van der Waals surface area contributed by atoms with Gasteiger partial charge in [-0.15, -0.1) is 24.0 Å². The molecule has 2 aliphatic rings. The van der Waals surface area contributed by atoms with Crippen molar-refractivity contribution in [3.8, 4) is 5.69 Å². The fourth-order valence-corrected chi connectivity index (χ4v) is 4.25. The number of rotatable bonds is 6. The summed E-state index contributed by atoms with van der Waals surface area (Å²) < 4.78 is 13.8. The van der Waals surface area contributed by atoms with Crippen molar-refractivity contribution >= 4 is 29.9 Å². The topological polar surface area (TPSA) is 63.9 Å². The number of guanidine groups is 1. The van der Waals surface area contributed by atoms with Crippen LogP contribution in [-0.2, 0) is 15.9 Å². The smallest absolute Gasteiger partial charge is 0.193 e. The average molecular weight is 539 g/mol. The van der Waals surface area contributed by atoms with Crippen molar-refractivity contribution in [1.29, 1.82) is 0 Å². The van der Waals surface area contributed by atoms with Crippen LogP contribution in [0.25, 0.3) is 5.69 Å². The maximum absolute atomic E-state index is 5.96. The van der Waals surface area contributed by atoms with Crippen LogP contribution >= 0.6 is 24.0 Å². The van der Waals surface area contributed by atoms with Gasteiger partial charge in [0.15, 0.2) is 5.96 Å². The molecule has 8 heteroatoms. The molecule has 4 rings (SSSR count). The number of hydrogen-bond acceptors (Lipinski definition) is 4. The van der Waals surface area contributed by atoms with Gasteiger partial charge in [0.25, 0.3) is 0 Å². The molecule has 2 unspecified atom stereocenters. The van der Waals surface area contributed by atoms with E-state index in [4.69, 9.17) is 9.47 Å². The maximum Gasteiger partial charge on any atom is 0.193 e. The van der Waals surface area contributed by atoms with Gasteiger partial charge in [-0.1, -0.05) is 18.2 Å². The Morgan fingerprint density at radius 1 is 1.19 bits per heavy atom. The number of aryl methyl sites for hydroxylation is 2. The summed E-state index contributed by atoms with van der Waals surface area (Å²) in [5.41, 5.74) is 3.48. The molecule has 170 valence electrons. The Morgan fingerprint density at radius 2 is 2.00 bits per heavy atom. The van der Waals surface area contributed by atoms with Crippen LogP contribution < -0.4 is 5.32 Å². The number of morpholine rings is 1. The molecule has 1 aromatic heterocycles. The molecule has 2 fully saturated rings. The third-order valence-electron chi connectivity index (χ3n) is 5.91. The first-order chi connectivity index (χ1) is 14.7. The van der Waals surface area contributed by atoms with Crippen molar-refractivity contribution in [2.75, 3.05) is 39.9 Å². The van der Waals surface area contributed by atoms with Crippen LogP contribution in [-0.4, -0.2) is 72.7 Å². The zero-order valence-corrected chi connectivity index (χ0v) is 20.8. The van der Waals surface area contributed by atoms with E-state index >= 15 is 0 Å². The predicted octanol–water partition coefficient (Wildman–Crippen LogP) is 3.19. The molecule has 0 saturated carbocycles. The standard InChI is InChI=1S/C23H33N5O2.HI/c1-18-19(16-28(26-18)20-9-4-3-5-10-20)8-6-12-25-23(24-2)27-13-15-30-22(17-27)21-11-7-14-29-21;/h3-5,9-10,16,21-22H,6-8,11-15,17H2,1-2H3,(H,24,25);1H. The minimum Gasteiger partial charge on any atom is -0.375 e. The van der Waals surface area contributed by atoms with E-state index in [1.54, 1.807) is 0 Å². The molecule has 31 heavy (non-hydrogen) atoms. The number of halogens is 1. The Kier molecular flexibility index (Phi) is 9.15. The predicted molar refractivity (Wildman–Crippen MR) is 134 cm³/mol. The zero-order chi connectivity index (χ0) is 20.8. The zero-order valence-electron chi connectivity index (χ0n) is 18.5. The van der Waals surface area contributed by atoms with E-state index < -0.39 is 0 Å². The molecule has 0 bridgehead atoms. The summed E-state index contributed by atoms with van der Waals surface area (Å²) >= 11 is 0. The quantitative estimate of drug-likeness (QED) is 0.265. The minimum absolute atomic E-state index is 0. The molecule has 2 atom stereocenters. The van der Waals surface area contributed by atoms with Gasteiger partial charge in [0.1, 0.15) is 6.10 Å². The second-order valence-electron chi connectivity index (χ2n) is 8.00. The van der Waals surface area contributed by atoms with Crippen LogP contribution in [0.3, 0.4) is 0 Å². The van der Waals surface area contributed by atoms with Gasteiger partial charge in [0, 0.05) is 39.5 Å². The lowest BCUT2D eigenvalue weighted by molar-refractivity contribution is -0.0816. The molecule has 2 aliphatic heterocycles. The molecule has 1 aromatic carbocycles. The van der Waals surface area contributed by atoms with Crippen LogP contribution in [0, 0.1) is 6.92 Å². The van der Waals surface area contributed by atoms with Gasteiger partial charge >= 0.3 is 0 Å². The molecule has 1 N–H and O–H groups in total. The lowest BCUT2D eigenvalue weighted by Gasteiger charge is -2.37. The maximum atomic E-state index is 5.96. The van der Waals surface area contributed by atoms with Crippen molar-refractivity contribution < 1.29 is 9.47 Å². The number of nitrogens with one attached hydrogen (secondary N) is 1. The van der Waals surface area contributed by atoms with E-state index in [9.17, 15) is 0 Å². The molecule has 0 radical (unpaired) electrons. The Hall–Kier alpha value is -1.65. The number of aromatic nitrogens is 2. The van der Waals surface area contributed by atoms with E-state index in [0.717, 1.165) is 75.9 Å². The molecular weight excluding hydrogens is 505 g/mol. The summed E-state index contributed by atoms with van der Waals surface area (Å²) in [6, 6.07) is 10.3. The van der Waals surface area contributed by atoms with Crippen molar-refractivity contribution in [1.82, 2.24) is 20.0 Å². The van der Waals surface area contributed by atoms with Crippen molar-refractivity contribution in [3.63, 3.8) is 0 Å². The van der Waals surface area contributed by atoms with Gasteiger partial charge < -0.3 is 19.7 Å². The summed E-state index contributed by atoms with van der Waals surface area (Å²) in [6.45, 7) is 6.25.